The quantitative estimate of drug-likeness (QED) is 0.637. The van der Waals surface area contributed by atoms with Crippen molar-refractivity contribution < 1.29 is 13.2 Å². The molecule has 0 saturated heterocycles. The van der Waals surface area contributed by atoms with Crippen molar-refractivity contribution in [1.82, 2.24) is 9.97 Å². The number of hydrogen-bond donors (Lipinski definition) is 0. The van der Waals surface area contributed by atoms with E-state index in [1.807, 2.05) is 0 Å². The Morgan fingerprint density at radius 2 is 1.92 bits per heavy atom. The summed E-state index contributed by atoms with van der Waals surface area (Å²) in [6.45, 7) is 1.39. The highest BCUT2D eigenvalue weighted by Crippen LogP contribution is 2.33. The largest absolute Gasteiger partial charge is 0.434 e. The van der Waals surface area contributed by atoms with Crippen LogP contribution in [-0.4, -0.2) is 9.97 Å². The van der Waals surface area contributed by atoms with Crippen LogP contribution in [0.3, 0.4) is 0 Å². The van der Waals surface area contributed by atoms with Gasteiger partial charge in [-0.15, -0.1) is 0 Å². The fourth-order valence-corrected chi connectivity index (χ4v) is 0.860. The summed E-state index contributed by atoms with van der Waals surface area (Å²) in [5, 5.41) is -0.440. The summed E-state index contributed by atoms with van der Waals surface area (Å²) in [5.41, 5.74) is -0.962. The van der Waals surface area contributed by atoms with Gasteiger partial charge >= 0.3 is 6.18 Å². The lowest BCUT2D eigenvalue weighted by molar-refractivity contribution is -0.141. The molecule has 0 aliphatic rings. The molecule has 0 bridgehead atoms. The molecule has 6 heteroatoms. The Balaban J connectivity index is 3.26. The van der Waals surface area contributed by atoms with E-state index in [-0.39, 0.29) is 5.69 Å². The number of nitrogens with zero attached hydrogens (tertiary/aromatic N) is 2. The molecule has 12 heavy (non-hydrogen) atoms. The van der Waals surface area contributed by atoms with Crippen molar-refractivity contribution in [3.63, 3.8) is 0 Å². The molecule has 0 aromatic carbocycles. The zero-order chi connectivity index (χ0) is 9.35. The zero-order valence-corrected chi connectivity index (χ0v) is 6.74. The minimum atomic E-state index is -4.51. The first-order chi connectivity index (χ1) is 5.43. The molecule has 66 valence electrons. The summed E-state index contributed by atoms with van der Waals surface area (Å²) >= 11 is 5.33. The lowest BCUT2D eigenvalue weighted by atomic mass is 10.3. The van der Waals surface area contributed by atoms with Gasteiger partial charge in [0.1, 0.15) is 6.33 Å². The van der Waals surface area contributed by atoms with E-state index in [1.165, 1.54) is 6.92 Å². The molecule has 0 N–H and O–H groups in total. The second kappa shape index (κ2) is 2.90. The molecule has 1 rings (SSSR count). The smallest absolute Gasteiger partial charge is 0.240 e. The maximum Gasteiger partial charge on any atom is 0.434 e. The van der Waals surface area contributed by atoms with Crippen LogP contribution in [-0.2, 0) is 6.18 Å². The van der Waals surface area contributed by atoms with Gasteiger partial charge < -0.3 is 0 Å². The molecular weight excluding hydrogens is 193 g/mol. The Morgan fingerprint density at radius 1 is 1.33 bits per heavy atom. The van der Waals surface area contributed by atoms with E-state index in [0.29, 0.717) is 0 Å². The summed E-state index contributed by atoms with van der Waals surface area (Å²) in [4.78, 5) is 6.55. The third kappa shape index (κ3) is 1.66. The Labute approximate surface area is 71.4 Å². The van der Waals surface area contributed by atoms with Crippen LogP contribution in [0.5, 0.6) is 0 Å². The van der Waals surface area contributed by atoms with Crippen molar-refractivity contribution in [2.24, 2.45) is 0 Å². The molecule has 1 heterocycles. The van der Waals surface area contributed by atoms with Crippen molar-refractivity contribution in [2.45, 2.75) is 13.1 Å². The fraction of sp³-hybridized carbons (Fsp3) is 0.333. The van der Waals surface area contributed by atoms with Crippen molar-refractivity contribution in [3.05, 3.63) is 22.7 Å². The van der Waals surface area contributed by atoms with Crippen LogP contribution in [0.4, 0.5) is 13.2 Å². The van der Waals surface area contributed by atoms with Crippen molar-refractivity contribution in [2.75, 3.05) is 0 Å². The van der Waals surface area contributed by atoms with Crippen LogP contribution in [0.15, 0.2) is 6.33 Å². The lowest BCUT2D eigenvalue weighted by Crippen LogP contribution is -2.10. The summed E-state index contributed by atoms with van der Waals surface area (Å²) < 4.78 is 36.2. The highest BCUT2D eigenvalue weighted by atomic mass is 35.5. The molecule has 1 aromatic rings. The summed E-state index contributed by atoms with van der Waals surface area (Å²) in [6.07, 6.45) is -3.67. The van der Waals surface area contributed by atoms with E-state index >= 15 is 0 Å². The van der Waals surface area contributed by atoms with Gasteiger partial charge in [-0.25, -0.2) is 9.97 Å². The number of aromatic nitrogens is 2. The van der Waals surface area contributed by atoms with Crippen LogP contribution in [0.1, 0.15) is 11.4 Å². The number of alkyl halides is 3. The maximum absolute atomic E-state index is 12.1. The second-order valence-corrected chi connectivity index (χ2v) is 2.50. The molecule has 0 aliphatic carbocycles. The first kappa shape index (κ1) is 9.25. The Kier molecular flexibility index (Phi) is 2.23. The third-order valence-corrected chi connectivity index (χ3v) is 1.68. The molecule has 0 radical (unpaired) electrons. The van der Waals surface area contributed by atoms with E-state index < -0.39 is 16.9 Å². The van der Waals surface area contributed by atoms with Gasteiger partial charge in [0.05, 0.1) is 10.7 Å². The van der Waals surface area contributed by atoms with Gasteiger partial charge in [0.15, 0.2) is 5.69 Å². The van der Waals surface area contributed by atoms with Crippen LogP contribution >= 0.6 is 11.6 Å². The predicted molar refractivity (Wildman–Crippen MR) is 36.8 cm³/mol. The first-order valence-electron chi connectivity index (χ1n) is 2.97. The first-order valence-corrected chi connectivity index (χ1v) is 3.35. The van der Waals surface area contributed by atoms with Gasteiger partial charge in [-0.05, 0) is 6.92 Å². The highest BCUT2D eigenvalue weighted by molar-refractivity contribution is 6.31. The summed E-state index contributed by atoms with van der Waals surface area (Å²) in [7, 11) is 0. The topological polar surface area (TPSA) is 25.8 Å². The number of aryl methyl sites for hydroxylation is 1. The van der Waals surface area contributed by atoms with Gasteiger partial charge in [0, 0.05) is 0 Å². The molecule has 0 spiro atoms. The molecule has 0 aliphatic heterocycles. The maximum atomic E-state index is 12.1. The fourth-order valence-electron chi connectivity index (χ4n) is 0.656. The predicted octanol–water partition coefficient (Wildman–Crippen LogP) is 2.46. The van der Waals surface area contributed by atoms with Crippen molar-refractivity contribution in [3.8, 4) is 0 Å². The molecule has 0 unspecified atom stereocenters. The average Bonchev–Trinajstić information content (AvgIpc) is 1.92. The molecule has 1 aromatic heterocycles. The standard InChI is InChI=1S/C6H4ClF3N2/c1-3-4(7)5(6(8,9)10)12-2-11-3/h2H,1H3. The van der Waals surface area contributed by atoms with Gasteiger partial charge in [-0.1, -0.05) is 11.6 Å². The van der Waals surface area contributed by atoms with Crippen LogP contribution in [0, 0.1) is 6.92 Å². The molecule has 0 saturated carbocycles. The number of rotatable bonds is 0. The van der Waals surface area contributed by atoms with Crippen LogP contribution < -0.4 is 0 Å². The molecule has 0 atom stereocenters. The third-order valence-electron chi connectivity index (χ3n) is 1.23. The molecule has 2 nitrogen and oxygen atoms in total. The summed E-state index contributed by atoms with van der Waals surface area (Å²) in [5.74, 6) is 0. The minimum absolute atomic E-state index is 0.124. The molecule has 0 fully saturated rings. The van der Waals surface area contributed by atoms with E-state index in [4.69, 9.17) is 11.6 Å². The van der Waals surface area contributed by atoms with E-state index in [9.17, 15) is 13.2 Å². The van der Waals surface area contributed by atoms with Crippen molar-refractivity contribution in [1.29, 1.82) is 0 Å². The van der Waals surface area contributed by atoms with Crippen LogP contribution in [0.25, 0.3) is 0 Å². The molecular formula is C6H4ClF3N2. The van der Waals surface area contributed by atoms with Gasteiger partial charge in [-0.2, -0.15) is 13.2 Å². The zero-order valence-electron chi connectivity index (χ0n) is 5.98. The van der Waals surface area contributed by atoms with Gasteiger partial charge in [0.25, 0.3) is 0 Å². The Bertz CT molecular complexity index is 297. The SMILES string of the molecule is Cc1ncnc(C(F)(F)F)c1Cl. The molecule has 0 amide bonds. The van der Waals surface area contributed by atoms with E-state index in [0.717, 1.165) is 6.33 Å². The summed E-state index contributed by atoms with van der Waals surface area (Å²) in [6, 6.07) is 0. The number of halogens is 4. The normalized spacial score (nSPS) is 11.8. The lowest BCUT2D eigenvalue weighted by Gasteiger charge is -2.07. The average molecular weight is 197 g/mol. The second-order valence-electron chi connectivity index (χ2n) is 2.12. The van der Waals surface area contributed by atoms with E-state index in [1.54, 1.807) is 0 Å². The minimum Gasteiger partial charge on any atom is -0.240 e. The number of hydrogen-bond acceptors (Lipinski definition) is 2. The Hall–Kier alpha value is -0.840. The highest BCUT2D eigenvalue weighted by Gasteiger charge is 2.35. The Morgan fingerprint density at radius 3 is 2.33 bits per heavy atom. The van der Waals surface area contributed by atoms with Crippen molar-refractivity contribution >= 4 is 11.6 Å². The van der Waals surface area contributed by atoms with E-state index in [2.05, 4.69) is 9.97 Å². The van der Waals surface area contributed by atoms with Gasteiger partial charge in [-0.3, -0.25) is 0 Å². The van der Waals surface area contributed by atoms with Gasteiger partial charge in [0.2, 0.25) is 0 Å². The van der Waals surface area contributed by atoms with Crippen LogP contribution in [0.2, 0.25) is 5.02 Å². The monoisotopic (exact) mass is 196 g/mol.